The molecule has 7 heteroatoms. The Morgan fingerprint density at radius 1 is 0.864 bits per heavy atom. The molecular formula is C15H16F6O. The van der Waals surface area contributed by atoms with Gasteiger partial charge in [-0.05, 0) is 42.5 Å². The van der Waals surface area contributed by atoms with Gasteiger partial charge in [0, 0.05) is 6.61 Å². The summed E-state index contributed by atoms with van der Waals surface area (Å²) in [5.41, 5.74) is -2.72. The lowest BCUT2D eigenvalue weighted by Gasteiger charge is -2.15. The monoisotopic (exact) mass is 326 g/mol. The number of hydrogen-bond acceptors (Lipinski definition) is 1. The van der Waals surface area contributed by atoms with Gasteiger partial charge in [0.2, 0.25) is 0 Å². The van der Waals surface area contributed by atoms with Crippen molar-refractivity contribution in [1.82, 2.24) is 0 Å². The molecule has 22 heavy (non-hydrogen) atoms. The minimum atomic E-state index is -4.82. The Hall–Kier alpha value is -1.24. The van der Waals surface area contributed by atoms with Crippen LogP contribution in [0, 0.1) is 5.92 Å². The molecule has 0 heterocycles. The first-order valence-corrected chi connectivity index (χ1v) is 7.02. The number of ether oxygens (including phenoxy) is 1. The van der Waals surface area contributed by atoms with Gasteiger partial charge in [-0.2, -0.15) is 26.3 Å². The molecule has 0 saturated heterocycles. The van der Waals surface area contributed by atoms with E-state index in [0.717, 1.165) is 25.7 Å². The first kappa shape index (κ1) is 17.1. The Morgan fingerprint density at radius 2 is 1.36 bits per heavy atom. The third-order valence-corrected chi connectivity index (χ3v) is 3.74. The van der Waals surface area contributed by atoms with Gasteiger partial charge in [0.15, 0.2) is 0 Å². The van der Waals surface area contributed by atoms with E-state index in [1.165, 1.54) is 0 Å². The standard InChI is InChI=1S/C15H16F6O/c16-14(17,18)12-5-11(6-13(7-12)15(19,20)21)9-22-8-10-3-1-2-4-10/h5-7,10H,1-4,8-9H2. The van der Waals surface area contributed by atoms with Crippen molar-refractivity contribution >= 4 is 0 Å². The molecule has 0 N–H and O–H groups in total. The molecule has 1 aromatic rings. The summed E-state index contributed by atoms with van der Waals surface area (Å²) in [6.07, 6.45) is -5.46. The van der Waals surface area contributed by atoms with Crippen LogP contribution in [0.25, 0.3) is 0 Å². The maximum atomic E-state index is 12.7. The second-order valence-electron chi connectivity index (χ2n) is 5.58. The molecule has 1 saturated carbocycles. The van der Waals surface area contributed by atoms with Crippen LogP contribution in [0.1, 0.15) is 42.4 Å². The predicted octanol–water partition coefficient (Wildman–Crippen LogP) is 5.43. The van der Waals surface area contributed by atoms with Crippen molar-refractivity contribution in [3.63, 3.8) is 0 Å². The maximum Gasteiger partial charge on any atom is 0.416 e. The fourth-order valence-electron chi connectivity index (χ4n) is 2.62. The summed E-state index contributed by atoms with van der Waals surface area (Å²) >= 11 is 0. The van der Waals surface area contributed by atoms with E-state index in [4.69, 9.17) is 4.74 Å². The Kier molecular flexibility index (Phi) is 5.04. The SMILES string of the molecule is FC(F)(F)c1cc(COCC2CCCC2)cc(C(F)(F)F)c1. The van der Waals surface area contributed by atoms with Gasteiger partial charge in [0.05, 0.1) is 17.7 Å². The average Bonchev–Trinajstić information content (AvgIpc) is 2.89. The fraction of sp³-hybridized carbons (Fsp3) is 0.600. The van der Waals surface area contributed by atoms with Crippen LogP contribution in [-0.4, -0.2) is 6.61 Å². The number of alkyl halides is 6. The van der Waals surface area contributed by atoms with E-state index in [1.807, 2.05) is 0 Å². The second-order valence-corrected chi connectivity index (χ2v) is 5.58. The molecule has 0 spiro atoms. The largest absolute Gasteiger partial charge is 0.416 e. The van der Waals surface area contributed by atoms with Crippen LogP contribution in [0.5, 0.6) is 0 Å². The Labute approximate surface area is 124 Å². The van der Waals surface area contributed by atoms with Crippen LogP contribution >= 0.6 is 0 Å². The first-order valence-electron chi connectivity index (χ1n) is 7.02. The lowest BCUT2D eigenvalue weighted by molar-refractivity contribution is -0.143. The number of halogens is 6. The predicted molar refractivity (Wildman–Crippen MR) is 68.1 cm³/mol. The Bertz CT molecular complexity index is 467. The number of rotatable bonds is 4. The van der Waals surface area contributed by atoms with Crippen LogP contribution in [0.15, 0.2) is 18.2 Å². The molecule has 124 valence electrons. The van der Waals surface area contributed by atoms with Crippen LogP contribution in [0.3, 0.4) is 0 Å². The van der Waals surface area contributed by atoms with Crippen LogP contribution < -0.4 is 0 Å². The van der Waals surface area contributed by atoms with Gasteiger partial charge < -0.3 is 4.74 Å². The highest BCUT2D eigenvalue weighted by atomic mass is 19.4. The van der Waals surface area contributed by atoms with Gasteiger partial charge in [0.25, 0.3) is 0 Å². The van der Waals surface area contributed by atoms with Crippen molar-refractivity contribution in [3.05, 3.63) is 34.9 Å². The van der Waals surface area contributed by atoms with Gasteiger partial charge in [-0.25, -0.2) is 0 Å². The molecule has 0 atom stereocenters. The summed E-state index contributed by atoms with van der Waals surface area (Å²) in [6, 6.07) is 1.55. The normalized spacial score (nSPS) is 17.2. The molecule has 1 nitrogen and oxygen atoms in total. The molecule has 0 unspecified atom stereocenters. The van der Waals surface area contributed by atoms with Gasteiger partial charge in [-0.1, -0.05) is 12.8 Å². The van der Waals surface area contributed by atoms with Crippen molar-refractivity contribution in [2.75, 3.05) is 6.61 Å². The minimum Gasteiger partial charge on any atom is -0.376 e. The van der Waals surface area contributed by atoms with Crippen molar-refractivity contribution < 1.29 is 31.1 Å². The lowest BCUT2D eigenvalue weighted by atomic mass is 10.1. The Morgan fingerprint density at radius 3 is 1.82 bits per heavy atom. The van der Waals surface area contributed by atoms with E-state index in [0.29, 0.717) is 24.7 Å². The number of benzene rings is 1. The molecule has 1 aliphatic rings. The van der Waals surface area contributed by atoms with E-state index >= 15 is 0 Å². The van der Waals surface area contributed by atoms with E-state index in [-0.39, 0.29) is 18.2 Å². The third-order valence-electron chi connectivity index (χ3n) is 3.74. The van der Waals surface area contributed by atoms with Crippen molar-refractivity contribution in [2.24, 2.45) is 5.92 Å². The van der Waals surface area contributed by atoms with E-state index < -0.39 is 23.5 Å². The van der Waals surface area contributed by atoms with Crippen LogP contribution in [0.4, 0.5) is 26.3 Å². The summed E-state index contributed by atoms with van der Waals surface area (Å²) < 4.78 is 81.5. The maximum absolute atomic E-state index is 12.7. The zero-order valence-corrected chi connectivity index (χ0v) is 11.7. The number of hydrogen-bond donors (Lipinski definition) is 0. The quantitative estimate of drug-likeness (QED) is 0.670. The topological polar surface area (TPSA) is 9.23 Å². The molecule has 1 aromatic carbocycles. The summed E-state index contributed by atoms with van der Waals surface area (Å²) in [6.45, 7) is 0.126. The highest BCUT2D eigenvalue weighted by Gasteiger charge is 2.36. The van der Waals surface area contributed by atoms with Gasteiger partial charge >= 0.3 is 12.4 Å². The summed E-state index contributed by atoms with van der Waals surface area (Å²) in [5.74, 6) is 0.355. The molecule has 1 aliphatic carbocycles. The van der Waals surface area contributed by atoms with Crippen molar-refractivity contribution in [3.8, 4) is 0 Å². The highest BCUT2D eigenvalue weighted by molar-refractivity contribution is 5.33. The third kappa shape index (κ3) is 4.63. The lowest BCUT2D eigenvalue weighted by Crippen LogP contribution is -2.12. The fourth-order valence-corrected chi connectivity index (χ4v) is 2.62. The molecule has 0 aliphatic heterocycles. The summed E-state index contributed by atoms with van der Waals surface area (Å²) in [4.78, 5) is 0. The molecule has 2 rings (SSSR count). The van der Waals surface area contributed by atoms with E-state index in [9.17, 15) is 26.3 Å². The van der Waals surface area contributed by atoms with Crippen LogP contribution in [0.2, 0.25) is 0 Å². The molecule has 1 fully saturated rings. The molecule has 0 amide bonds. The van der Waals surface area contributed by atoms with Gasteiger partial charge in [0.1, 0.15) is 0 Å². The smallest absolute Gasteiger partial charge is 0.376 e. The molecule has 0 bridgehead atoms. The van der Waals surface area contributed by atoms with Crippen molar-refractivity contribution in [2.45, 2.75) is 44.6 Å². The highest BCUT2D eigenvalue weighted by Crippen LogP contribution is 2.36. The first-order chi connectivity index (χ1) is 10.2. The minimum absolute atomic E-state index is 0.111. The average molecular weight is 326 g/mol. The molecule has 0 radical (unpaired) electrons. The summed E-state index contributed by atoms with van der Waals surface area (Å²) in [7, 11) is 0. The summed E-state index contributed by atoms with van der Waals surface area (Å²) in [5, 5.41) is 0. The molecule has 0 aromatic heterocycles. The van der Waals surface area contributed by atoms with Gasteiger partial charge in [-0.3, -0.25) is 0 Å². The zero-order chi connectivity index (χ0) is 16.4. The van der Waals surface area contributed by atoms with Gasteiger partial charge in [-0.15, -0.1) is 0 Å². The Balaban J connectivity index is 2.11. The van der Waals surface area contributed by atoms with Crippen LogP contribution in [-0.2, 0) is 23.7 Å². The zero-order valence-electron chi connectivity index (χ0n) is 11.7. The van der Waals surface area contributed by atoms with Crippen molar-refractivity contribution in [1.29, 1.82) is 0 Å². The second kappa shape index (κ2) is 6.48. The molecular weight excluding hydrogens is 310 g/mol. The van der Waals surface area contributed by atoms with E-state index in [2.05, 4.69) is 0 Å². The van der Waals surface area contributed by atoms with E-state index in [1.54, 1.807) is 0 Å².